The zero-order valence-corrected chi connectivity index (χ0v) is 14.5. The number of rotatable bonds is 5. The van der Waals surface area contributed by atoms with Crippen LogP contribution in [-0.2, 0) is 22.8 Å². The first-order valence-electron chi connectivity index (χ1n) is 7.81. The third kappa shape index (κ3) is 3.73. The number of hydrogen-bond donors (Lipinski definition) is 1. The molecule has 6 nitrogen and oxygen atoms in total. The maximum Gasteiger partial charge on any atom is 0.218 e. The monoisotopic (exact) mass is 371 g/mol. The van der Waals surface area contributed by atoms with Crippen molar-refractivity contribution in [2.24, 2.45) is 13.0 Å². The summed E-state index contributed by atoms with van der Waals surface area (Å²) in [6.07, 6.45) is 3.45. The second kappa shape index (κ2) is 6.81. The molecule has 1 fully saturated rings. The number of aliphatic hydroxyl groups excluding tert-OH is 1. The summed E-state index contributed by atoms with van der Waals surface area (Å²) in [6, 6.07) is 2.84. The van der Waals surface area contributed by atoms with Crippen LogP contribution >= 0.6 is 0 Å². The Morgan fingerprint density at radius 3 is 2.68 bits per heavy atom. The van der Waals surface area contributed by atoms with E-state index in [1.807, 2.05) is 0 Å². The van der Waals surface area contributed by atoms with Crippen LogP contribution < -0.4 is 0 Å². The highest BCUT2D eigenvalue weighted by Gasteiger charge is 2.39. The number of aryl methyl sites for hydroxylation is 1. The first kappa shape index (κ1) is 18.0. The minimum absolute atomic E-state index is 0.0771. The lowest BCUT2D eigenvalue weighted by molar-refractivity contribution is 0.223. The van der Waals surface area contributed by atoms with E-state index in [1.54, 1.807) is 24.1 Å². The van der Waals surface area contributed by atoms with Gasteiger partial charge in [-0.25, -0.2) is 21.5 Å². The largest absolute Gasteiger partial charge is 0.396 e. The number of aliphatic hydroxyl groups is 1. The van der Waals surface area contributed by atoms with Crippen molar-refractivity contribution in [1.82, 2.24) is 14.1 Å². The van der Waals surface area contributed by atoms with E-state index >= 15 is 0 Å². The van der Waals surface area contributed by atoms with Crippen molar-refractivity contribution in [2.45, 2.75) is 11.7 Å². The average Bonchev–Trinajstić information content (AvgIpc) is 3.16. The van der Waals surface area contributed by atoms with Crippen molar-refractivity contribution in [3.63, 3.8) is 0 Å². The predicted octanol–water partition coefficient (Wildman–Crippen LogP) is 1.24. The number of nitrogens with zero attached hydrogens (tertiary/aromatic N) is 3. The molecule has 1 aliphatic rings. The second-order valence-electron chi connectivity index (χ2n) is 6.31. The van der Waals surface area contributed by atoms with Gasteiger partial charge in [-0.1, -0.05) is 6.07 Å². The fraction of sp³-hybridized carbons (Fsp3) is 0.438. The molecule has 2 aromatic rings. The third-order valence-corrected chi connectivity index (χ3v) is 6.30. The van der Waals surface area contributed by atoms with E-state index in [0.717, 1.165) is 17.7 Å². The van der Waals surface area contributed by atoms with Gasteiger partial charge < -0.3 is 5.11 Å². The van der Waals surface area contributed by atoms with E-state index in [-0.39, 0.29) is 37.1 Å². The van der Waals surface area contributed by atoms with Gasteiger partial charge in [-0.15, -0.1) is 0 Å². The van der Waals surface area contributed by atoms with Gasteiger partial charge in [0.1, 0.15) is 11.6 Å². The first-order chi connectivity index (χ1) is 11.8. The highest BCUT2D eigenvalue weighted by Crippen LogP contribution is 2.34. The number of aromatic nitrogens is 2. The minimum atomic E-state index is -3.79. The first-order valence-corrected chi connectivity index (χ1v) is 9.42. The van der Waals surface area contributed by atoms with E-state index in [1.165, 1.54) is 4.31 Å². The van der Waals surface area contributed by atoms with Gasteiger partial charge in [0.15, 0.2) is 0 Å². The van der Waals surface area contributed by atoms with Crippen molar-refractivity contribution in [1.29, 1.82) is 0 Å². The van der Waals surface area contributed by atoms with Gasteiger partial charge in [0.25, 0.3) is 0 Å². The standard InChI is InChI=1S/C16H19F2N3O3S/c1-20-6-12(5-19-20)15-8-21(7-13(15)9-22)25(23,24)10-11-2-3-14(17)4-16(11)18/h2-6,13,15,22H,7-10H2,1H3/t13-,15-/m0/s1. The molecule has 25 heavy (non-hydrogen) atoms. The summed E-state index contributed by atoms with van der Waals surface area (Å²) in [6.45, 7) is 0.194. The summed E-state index contributed by atoms with van der Waals surface area (Å²) >= 11 is 0. The smallest absolute Gasteiger partial charge is 0.218 e. The number of halogens is 2. The Kier molecular flexibility index (Phi) is 4.90. The van der Waals surface area contributed by atoms with Crippen LogP contribution in [0.3, 0.4) is 0 Å². The van der Waals surface area contributed by atoms with Crippen molar-refractivity contribution in [3.05, 3.63) is 53.4 Å². The zero-order valence-electron chi connectivity index (χ0n) is 13.6. The van der Waals surface area contributed by atoms with E-state index in [4.69, 9.17) is 0 Å². The average molecular weight is 371 g/mol. The molecule has 1 N–H and O–H groups in total. The zero-order chi connectivity index (χ0) is 18.2. The molecule has 1 saturated heterocycles. The molecule has 136 valence electrons. The Balaban J connectivity index is 1.80. The van der Waals surface area contributed by atoms with Crippen LogP contribution in [0.2, 0.25) is 0 Å². The molecule has 9 heteroatoms. The van der Waals surface area contributed by atoms with Gasteiger partial charge >= 0.3 is 0 Å². The summed E-state index contributed by atoms with van der Waals surface area (Å²) in [5.74, 6) is -2.61. The van der Waals surface area contributed by atoms with E-state index in [2.05, 4.69) is 5.10 Å². The highest BCUT2D eigenvalue weighted by molar-refractivity contribution is 7.88. The van der Waals surface area contributed by atoms with Gasteiger partial charge in [-0.2, -0.15) is 5.10 Å². The van der Waals surface area contributed by atoms with Gasteiger partial charge in [0, 0.05) is 56.4 Å². The molecule has 1 aliphatic heterocycles. The fourth-order valence-corrected chi connectivity index (χ4v) is 4.80. The van der Waals surface area contributed by atoms with Crippen molar-refractivity contribution in [3.8, 4) is 0 Å². The molecule has 3 rings (SSSR count). The van der Waals surface area contributed by atoms with Crippen LogP contribution in [0.25, 0.3) is 0 Å². The van der Waals surface area contributed by atoms with Crippen LogP contribution in [0, 0.1) is 17.6 Å². The predicted molar refractivity (Wildman–Crippen MR) is 87.1 cm³/mol. The van der Waals surface area contributed by atoms with Gasteiger partial charge in [-0.05, 0) is 11.6 Å². The summed E-state index contributed by atoms with van der Waals surface area (Å²) in [5, 5.41) is 13.7. The molecule has 0 amide bonds. The molecule has 0 saturated carbocycles. The van der Waals surface area contributed by atoms with Crippen molar-refractivity contribution in [2.75, 3.05) is 19.7 Å². The maximum atomic E-state index is 13.8. The Labute approximate surface area is 144 Å². The normalized spacial score (nSPS) is 21.8. The summed E-state index contributed by atoms with van der Waals surface area (Å²) < 4.78 is 54.9. The fourth-order valence-electron chi connectivity index (χ4n) is 3.18. The maximum absolute atomic E-state index is 13.8. The van der Waals surface area contributed by atoms with Crippen molar-refractivity contribution >= 4 is 10.0 Å². The lowest BCUT2D eigenvalue weighted by atomic mass is 9.92. The minimum Gasteiger partial charge on any atom is -0.396 e. The Morgan fingerprint density at radius 1 is 1.32 bits per heavy atom. The van der Waals surface area contributed by atoms with Crippen LogP contribution in [0.5, 0.6) is 0 Å². The molecular formula is C16H19F2N3O3S. The molecule has 2 heterocycles. The molecule has 1 aromatic carbocycles. The molecule has 0 unspecified atom stereocenters. The molecule has 0 bridgehead atoms. The summed E-state index contributed by atoms with van der Waals surface area (Å²) in [5.41, 5.74) is 0.777. The van der Waals surface area contributed by atoms with Gasteiger partial charge in [0.2, 0.25) is 10.0 Å². The highest BCUT2D eigenvalue weighted by atomic mass is 32.2. The second-order valence-corrected chi connectivity index (χ2v) is 8.27. The van der Waals surface area contributed by atoms with Crippen molar-refractivity contribution < 1.29 is 22.3 Å². The molecule has 0 spiro atoms. The molecular weight excluding hydrogens is 352 g/mol. The van der Waals surface area contributed by atoms with Gasteiger partial charge in [-0.3, -0.25) is 4.68 Å². The molecule has 2 atom stereocenters. The number of sulfonamides is 1. The lowest BCUT2D eigenvalue weighted by Crippen LogP contribution is -2.30. The van der Waals surface area contributed by atoms with Crippen LogP contribution in [0.1, 0.15) is 17.0 Å². The van der Waals surface area contributed by atoms with Crippen LogP contribution in [0.4, 0.5) is 8.78 Å². The summed E-state index contributed by atoms with van der Waals surface area (Å²) in [7, 11) is -2.03. The number of hydrogen-bond acceptors (Lipinski definition) is 4. The lowest BCUT2D eigenvalue weighted by Gasteiger charge is -2.16. The van der Waals surface area contributed by atoms with Crippen LogP contribution in [0.15, 0.2) is 30.6 Å². The Morgan fingerprint density at radius 2 is 2.08 bits per heavy atom. The SMILES string of the molecule is Cn1cc([C@@H]2CN(S(=O)(=O)Cc3ccc(F)cc3F)C[C@H]2CO)cn1. The Hall–Kier alpha value is -1.84. The van der Waals surface area contributed by atoms with E-state index in [9.17, 15) is 22.3 Å². The van der Waals surface area contributed by atoms with E-state index < -0.39 is 27.4 Å². The van der Waals surface area contributed by atoms with Gasteiger partial charge in [0.05, 0.1) is 11.9 Å². The topological polar surface area (TPSA) is 75.4 Å². The molecule has 0 aliphatic carbocycles. The number of benzene rings is 1. The molecule has 0 radical (unpaired) electrons. The van der Waals surface area contributed by atoms with E-state index in [0.29, 0.717) is 6.07 Å². The van der Waals surface area contributed by atoms with Crippen LogP contribution in [-0.4, -0.2) is 47.3 Å². The Bertz CT molecular complexity index is 869. The molecule has 1 aromatic heterocycles. The third-order valence-electron chi connectivity index (χ3n) is 4.54. The summed E-state index contributed by atoms with van der Waals surface area (Å²) in [4.78, 5) is 0. The quantitative estimate of drug-likeness (QED) is 0.858.